The molecule has 0 bridgehead atoms. The van der Waals surface area contributed by atoms with Crippen molar-refractivity contribution in [1.29, 1.82) is 0 Å². The Morgan fingerprint density at radius 3 is 2.93 bits per heavy atom. The van der Waals surface area contributed by atoms with Gasteiger partial charge in [0.15, 0.2) is 6.61 Å². The quantitative estimate of drug-likeness (QED) is 0.350. The third kappa shape index (κ3) is 4.38. The first-order chi connectivity index (χ1) is 14.1. The number of aromatic amines is 1. The number of nitrogens with one attached hydrogen (secondary N) is 2. The molecule has 0 unspecified atom stereocenters. The molecule has 0 saturated carbocycles. The second-order valence-corrected chi connectivity index (χ2v) is 7.79. The molecule has 0 saturated heterocycles. The van der Waals surface area contributed by atoms with E-state index >= 15 is 0 Å². The summed E-state index contributed by atoms with van der Waals surface area (Å²) >= 11 is 1.65. The second kappa shape index (κ2) is 8.32. The van der Waals surface area contributed by atoms with E-state index in [4.69, 9.17) is 4.74 Å². The molecular weight excluding hydrogens is 382 g/mol. The van der Waals surface area contributed by atoms with Gasteiger partial charge in [-0.2, -0.15) is 5.10 Å². The van der Waals surface area contributed by atoms with Crippen LogP contribution in [0.25, 0.3) is 21.3 Å². The monoisotopic (exact) mass is 403 g/mol. The lowest BCUT2D eigenvalue weighted by molar-refractivity contribution is -0.123. The van der Waals surface area contributed by atoms with Crippen molar-refractivity contribution < 1.29 is 9.53 Å². The van der Waals surface area contributed by atoms with Gasteiger partial charge in [-0.05, 0) is 65.6 Å². The van der Waals surface area contributed by atoms with Crippen LogP contribution >= 0.6 is 11.3 Å². The number of benzene rings is 2. The standard InChI is InChI=1S/C23H21N3O2S/c1-15-10-16(2)23(19(11-15)21-4-3-9-29-21)28-14-22(27)26-25-13-17-5-6-18-7-8-24-20(18)12-17/h3-13,24H,14H2,1-2H3,(H,26,27)/b25-13+. The zero-order valence-corrected chi connectivity index (χ0v) is 17.0. The van der Waals surface area contributed by atoms with Crippen LogP contribution in [0.3, 0.4) is 0 Å². The number of thiophene rings is 1. The Hall–Kier alpha value is -3.38. The van der Waals surface area contributed by atoms with E-state index in [2.05, 4.69) is 40.6 Å². The summed E-state index contributed by atoms with van der Waals surface area (Å²) in [5, 5.41) is 7.20. The predicted octanol–water partition coefficient (Wildman–Crippen LogP) is 5.04. The molecule has 2 aromatic carbocycles. The minimum atomic E-state index is -0.306. The maximum absolute atomic E-state index is 12.2. The summed E-state index contributed by atoms with van der Waals surface area (Å²) in [5.74, 6) is 0.425. The third-order valence-electron chi connectivity index (χ3n) is 4.54. The lowest BCUT2D eigenvalue weighted by Gasteiger charge is -2.14. The number of H-pyrrole nitrogens is 1. The average Bonchev–Trinajstić information content (AvgIpc) is 3.38. The van der Waals surface area contributed by atoms with Crippen LogP contribution < -0.4 is 10.2 Å². The summed E-state index contributed by atoms with van der Waals surface area (Å²) in [5.41, 5.74) is 7.62. The van der Waals surface area contributed by atoms with Crippen molar-refractivity contribution in [3.8, 4) is 16.2 Å². The van der Waals surface area contributed by atoms with Gasteiger partial charge in [0, 0.05) is 22.2 Å². The maximum atomic E-state index is 12.2. The van der Waals surface area contributed by atoms with E-state index in [9.17, 15) is 4.79 Å². The molecule has 1 amide bonds. The van der Waals surface area contributed by atoms with E-state index in [-0.39, 0.29) is 12.5 Å². The number of nitrogens with zero attached hydrogens (tertiary/aromatic N) is 1. The molecule has 0 aliphatic carbocycles. The summed E-state index contributed by atoms with van der Waals surface area (Å²) in [6.07, 6.45) is 3.51. The molecule has 0 aliphatic heterocycles. The van der Waals surface area contributed by atoms with Crippen molar-refractivity contribution in [2.75, 3.05) is 6.61 Å². The van der Waals surface area contributed by atoms with Crippen LogP contribution in [-0.2, 0) is 4.79 Å². The molecule has 2 heterocycles. The van der Waals surface area contributed by atoms with Gasteiger partial charge in [-0.25, -0.2) is 5.43 Å². The highest BCUT2D eigenvalue weighted by molar-refractivity contribution is 7.13. The van der Waals surface area contributed by atoms with Gasteiger partial charge in [0.1, 0.15) is 5.75 Å². The van der Waals surface area contributed by atoms with E-state index in [0.717, 1.165) is 43.8 Å². The first-order valence-corrected chi connectivity index (χ1v) is 10.1. The highest BCUT2D eigenvalue weighted by Crippen LogP contribution is 2.36. The molecule has 0 spiro atoms. The number of carbonyl (C=O) groups excluding carboxylic acids is 1. The van der Waals surface area contributed by atoms with Crippen molar-refractivity contribution in [3.05, 3.63) is 76.8 Å². The molecular formula is C23H21N3O2S. The molecule has 0 atom stereocenters. The topological polar surface area (TPSA) is 66.5 Å². The molecule has 6 heteroatoms. The Balaban J connectivity index is 1.41. The van der Waals surface area contributed by atoms with Gasteiger partial charge in [-0.1, -0.05) is 24.3 Å². The Morgan fingerprint density at radius 2 is 2.10 bits per heavy atom. The SMILES string of the molecule is Cc1cc(C)c(OCC(=O)N/N=C/c2ccc3cc[nH]c3c2)c(-c2cccs2)c1. The van der Waals surface area contributed by atoms with Crippen LogP contribution in [0, 0.1) is 13.8 Å². The van der Waals surface area contributed by atoms with Gasteiger partial charge in [0.2, 0.25) is 0 Å². The first kappa shape index (κ1) is 19.0. The van der Waals surface area contributed by atoms with Crippen molar-refractivity contribution >= 4 is 34.4 Å². The second-order valence-electron chi connectivity index (χ2n) is 6.84. The molecule has 4 aromatic rings. The predicted molar refractivity (Wildman–Crippen MR) is 119 cm³/mol. The van der Waals surface area contributed by atoms with Gasteiger partial charge in [0.25, 0.3) is 5.91 Å². The van der Waals surface area contributed by atoms with Gasteiger partial charge in [0.05, 0.1) is 6.21 Å². The smallest absolute Gasteiger partial charge is 0.277 e. The third-order valence-corrected chi connectivity index (χ3v) is 5.44. The largest absolute Gasteiger partial charge is 0.483 e. The molecule has 0 fully saturated rings. The lowest BCUT2D eigenvalue weighted by Crippen LogP contribution is -2.25. The summed E-state index contributed by atoms with van der Waals surface area (Å²) in [4.78, 5) is 16.5. The Morgan fingerprint density at radius 1 is 1.21 bits per heavy atom. The molecule has 2 N–H and O–H groups in total. The number of fused-ring (bicyclic) bond motifs is 1. The zero-order valence-electron chi connectivity index (χ0n) is 16.2. The number of hydrogen-bond acceptors (Lipinski definition) is 4. The zero-order chi connectivity index (χ0) is 20.2. The minimum Gasteiger partial charge on any atom is -0.483 e. The van der Waals surface area contributed by atoms with Gasteiger partial charge >= 0.3 is 0 Å². The Bertz CT molecular complexity index is 1180. The Kier molecular flexibility index (Phi) is 5.44. The highest BCUT2D eigenvalue weighted by atomic mass is 32.1. The van der Waals surface area contributed by atoms with Crippen molar-refractivity contribution in [2.24, 2.45) is 5.10 Å². The fourth-order valence-corrected chi connectivity index (χ4v) is 3.99. The van der Waals surface area contributed by atoms with Gasteiger partial charge in [-0.15, -0.1) is 11.3 Å². The van der Waals surface area contributed by atoms with Crippen LogP contribution in [0.15, 0.2) is 65.2 Å². The van der Waals surface area contributed by atoms with Crippen LogP contribution in [0.4, 0.5) is 0 Å². The fourth-order valence-electron chi connectivity index (χ4n) is 3.26. The number of hydrogen-bond donors (Lipinski definition) is 2. The number of carbonyl (C=O) groups is 1. The van der Waals surface area contributed by atoms with Gasteiger partial charge in [-0.3, -0.25) is 4.79 Å². The minimum absolute atomic E-state index is 0.102. The van der Waals surface area contributed by atoms with Crippen LogP contribution in [0.2, 0.25) is 0 Å². The summed E-state index contributed by atoms with van der Waals surface area (Å²) in [6.45, 7) is 3.95. The van der Waals surface area contributed by atoms with Crippen molar-refractivity contribution in [2.45, 2.75) is 13.8 Å². The summed E-state index contributed by atoms with van der Waals surface area (Å²) in [7, 11) is 0. The number of amides is 1. The fraction of sp³-hybridized carbons (Fsp3) is 0.130. The van der Waals surface area contributed by atoms with E-state index in [1.54, 1.807) is 17.6 Å². The number of aromatic nitrogens is 1. The first-order valence-electron chi connectivity index (χ1n) is 9.27. The molecule has 5 nitrogen and oxygen atoms in total. The molecule has 29 heavy (non-hydrogen) atoms. The number of aryl methyl sites for hydroxylation is 2. The van der Waals surface area contributed by atoms with Crippen molar-refractivity contribution in [1.82, 2.24) is 10.4 Å². The lowest BCUT2D eigenvalue weighted by atomic mass is 10.0. The number of rotatable bonds is 6. The summed E-state index contributed by atoms with van der Waals surface area (Å²) in [6, 6.07) is 16.1. The van der Waals surface area contributed by atoms with Gasteiger partial charge < -0.3 is 9.72 Å². The molecule has 0 aliphatic rings. The maximum Gasteiger partial charge on any atom is 0.277 e. The van der Waals surface area contributed by atoms with E-state index in [0.29, 0.717) is 0 Å². The van der Waals surface area contributed by atoms with Crippen LogP contribution in [0.1, 0.15) is 16.7 Å². The molecule has 4 rings (SSSR count). The van der Waals surface area contributed by atoms with E-state index < -0.39 is 0 Å². The normalized spacial score (nSPS) is 11.2. The average molecular weight is 404 g/mol. The molecule has 146 valence electrons. The van der Waals surface area contributed by atoms with Crippen LogP contribution in [-0.4, -0.2) is 23.7 Å². The highest BCUT2D eigenvalue weighted by Gasteiger charge is 2.13. The number of ether oxygens (including phenoxy) is 1. The molecule has 0 radical (unpaired) electrons. The Labute approximate surface area is 173 Å². The number of hydrazone groups is 1. The van der Waals surface area contributed by atoms with E-state index in [1.807, 2.05) is 48.8 Å². The van der Waals surface area contributed by atoms with Crippen molar-refractivity contribution in [3.63, 3.8) is 0 Å². The van der Waals surface area contributed by atoms with Crippen LogP contribution in [0.5, 0.6) is 5.75 Å². The summed E-state index contributed by atoms with van der Waals surface area (Å²) < 4.78 is 5.87. The molecule has 2 aromatic heterocycles. The van der Waals surface area contributed by atoms with E-state index in [1.165, 1.54) is 0 Å².